The zero-order chi connectivity index (χ0) is 18.8. The minimum atomic E-state index is -0.786. The number of imide groups is 1. The van der Waals surface area contributed by atoms with Gasteiger partial charge in [-0.05, 0) is 23.1 Å². The molecular formula is C21H21N3O3. The predicted octanol–water partition coefficient (Wildman–Crippen LogP) is 2.08. The van der Waals surface area contributed by atoms with Gasteiger partial charge in [-0.1, -0.05) is 54.6 Å². The van der Waals surface area contributed by atoms with Gasteiger partial charge in [-0.2, -0.15) is 0 Å². The second kappa shape index (κ2) is 7.23. The maximum absolute atomic E-state index is 12.7. The fraction of sp³-hybridized carbons (Fsp3) is 0.286. The lowest BCUT2D eigenvalue weighted by Crippen LogP contribution is -2.41. The number of rotatable bonds is 4. The largest absolute Gasteiger partial charge is 0.338 e. The number of hydrogen-bond acceptors (Lipinski definition) is 3. The van der Waals surface area contributed by atoms with Crippen molar-refractivity contribution >= 4 is 17.8 Å². The first kappa shape index (κ1) is 17.3. The summed E-state index contributed by atoms with van der Waals surface area (Å²) in [4.78, 5) is 40.4. The molecule has 0 radical (unpaired) electrons. The molecule has 2 aliphatic rings. The maximum atomic E-state index is 12.7. The molecule has 0 aliphatic carbocycles. The minimum absolute atomic E-state index is 0.00195. The van der Waals surface area contributed by atoms with Crippen LogP contribution in [0.25, 0.3) is 0 Å². The maximum Gasteiger partial charge on any atom is 0.325 e. The van der Waals surface area contributed by atoms with Crippen LogP contribution < -0.4 is 5.32 Å². The van der Waals surface area contributed by atoms with E-state index in [4.69, 9.17) is 0 Å². The van der Waals surface area contributed by atoms with E-state index in [0.717, 1.165) is 17.5 Å². The molecule has 1 atom stereocenters. The molecule has 0 spiro atoms. The van der Waals surface area contributed by atoms with Crippen LogP contribution in [0.15, 0.2) is 54.6 Å². The molecular weight excluding hydrogens is 342 g/mol. The molecule has 0 saturated carbocycles. The quantitative estimate of drug-likeness (QED) is 0.846. The smallest absolute Gasteiger partial charge is 0.325 e. The average Bonchev–Trinajstić information content (AvgIpc) is 2.96. The highest BCUT2D eigenvalue weighted by Gasteiger charge is 2.39. The summed E-state index contributed by atoms with van der Waals surface area (Å²) in [6.45, 7) is 1.41. The molecule has 138 valence electrons. The van der Waals surface area contributed by atoms with Gasteiger partial charge in [0, 0.05) is 13.1 Å². The lowest BCUT2D eigenvalue weighted by Gasteiger charge is -2.29. The van der Waals surface area contributed by atoms with Crippen LogP contribution in [0.1, 0.15) is 23.1 Å². The van der Waals surface area contributed by atoms with E-state index in [-0.39, 0.29) is 24.8 Å². The molecule has 6 nitrogen and oxygen atoms in total. The molecule has 1 saturated heterocycles. The lowest BCUT2D eigenvalue weighted by molar-refractivity contribution is -0.136. The highest BCUT2D eigenvalue weighted by Crippen LogP contribution is 2.21. The SMILES string of the molecule is O=C(C[C@H]1NC(=O)N(Cc2ccccc2)C1=O)N1CCc2ccccc2C1. The van der Waals surface area contributed by atoms with Crippen LogP contribution in [-0.4, -0.2) is 40.2 Å². The molecule has 0 unspecified atom stereocenters. The molecule has 2 aliphatic heterocycles. The van der Waals surface area contributed by atoms with E-state index in [0.29, 0.717) is 13.1 Å². The molecule has 1 N–H and O–H groups in total. The summed E-state index contributed by atoms with van der Waals surface area (Å²) < 4.78 is 0. The van der Waals surface area contributed by atoms with E-state index in [9.17, 15) is 14.4 Å². The summed E-state index contributed by atoms with van der Waals surface area (Å²) in [6, 6.07) is 16.2. The van der Waals surface area contributed by atoms with Crippen molar-refractivity contribution < 1.29 is 14.4 Å². The van der Waals surface area contributed by atoms with Crippen molar-refractivity contribution in [2.45, 2.75) is 32.0 Å². The Kier molecular flexibility index (Phi) is 4.62. The van der Waals surface area contributed by atoms with Crippen LogP contribution in [0.4, 0.5) is 4.79 Å². The number of fused-ring (bicyclic) bond motifs is 1. The Bertz CT molecular complexity index is 881. The van der Waals surface area contributed by atoms with Crippen molar-refractivity contribution in [2.24, 2.45) is 0 Å². The van der Waals surface area contributed by atoms with Gasteiger partial charge in [-0.3, -0.25) is 14.5 Å². The van der Waals surface area contributed by atoms with Gasteiger partial charge in [-0.25, -0.2) is 4.79 Å². The third-order valence-corrected chi connectivity index (χ3v) is 5.15. The number of carbonyl (C=O) groups excluding carboxylic acids is 3. The molecule has 0 bridgehead atoms. The third-order valence-electron chi connectivity index (χ3n) is 5.15. The highest BCUT2D eigenvalue weighted by molar-refractivity contribution is 6.05. The summed E-state index contributed by atoms with van der Waals surface area (Å²) in [5.74, 6) is -0.445. The molecule has 27 heavy (non-hydrogen) atoms. The van der Waals surface area contributed by atoms with Crippen LogP contribution >= 0.6 is 0 Å². The number of amides is 4. The summed E-state index contributed by atoms with van der Waals surface area (Å²) in [5, 5.41) is 2.65. The van der Waals surface area contributed by atoms with Crippen molar-refractivity contribution in [2.75, 3.05) is 6.54 Å². The lowest BCUT2D eigenvalue weighted by atomic mass is 9.99. The number of hydrogen-bond donors (Lipinski definition) is 1. The zero-order valence-corrected chi connectivity index (χ0v) is 14.9. The van der Waals surface area contributed by atoms with Gasteiger partial charge in [0.25, 0.3) is 5.91 Å². The van der Waals surface area contributed by atoms with Gasteiger partial charge in [0.1, 0.15) is 6.04 Å². The summed E-state index contributed by atoms with van der Waals surface area (Å²) >= 11 is 0. The first-order chi connectivity index (χ1) is 13.1. The monoisotopic (exact) mass is 363 g/mol. The number of carbonyl (C=O) groups is 3. The topological polar surface area (TPSA) is 69.7 Å². The van der Waals surface area contributed by atoms with E-state index in [2.05, 4.69) is 11.4 Å². The Balaban J connectivity index is 1.39. The summed E-state index contributed by atoms with van der Waals surface area (Å²) in [6.07, 6.45) is 0.811. The van der Waals surface area contributed by atoms with E-state index < -0.39 is 12.1 Å². The first-order valence-electron chi connectivity index (χ1n) is 9.12. The molecule has 2 heterocycles. The number of urea groups is 1. The van der Waals surface area contributed by atoms with E-state index in [1.807, 2.05) is 48.5 Å². The van der Waals surface area contributed by atoms with Crippen molar-refractivity contribution in [3.8, 4) is 0 Å². The average molecular weight is 363 g/mol. The van der Waals surface area contributed by atoms with Crippen LogP contribution in [0.5, 0.6) is 0 Å². The minimum Gasteiger partial charge on any atom is -0.338 e. The zero-order valence-electron chi connectivity index (χ0n) is 14.9. The van der Waals surface area contributed by atoms with Gasteiger partial charge in [0.2, 0.25) is 5.91 Å². The Morgan fingerprint density at radius 3 is 2.48 bits per heavy atom. The summed E-state index contributed by atoms with van der Waals surface area (Å²) in [5.41, 5.74) is 3.28. The van der Waals surface area contributed by atoms with Crippen molar-refractivity contribution in [1.29, 1.82) is 0 Å². The second-order valence-electron chi connectivity index (χ2n) is 6.95. The van der Waals surface area contributed by atoms with Crippen LogP contribution in [0.3, 0.4) is 0 Å². The number of nitrogens with zero attached hydrogens (tertiary/aromatic N) is 2. The molecule has 0 aromatic heterocycles. The van der Waals surface area contributed by atoms with Crippen molar-refractivity contribution in [3.63, 3.8) is 0 Å². The fourth-order valence-corrected chi connectivity index (χ4v) is 3.64. The Morgan fingerprint density at radius 2 is 1.70 bits per heavy atom. The van der Waals surface area contributed by atoms with Crippen LogP contribution in [-0.2, 0) is 29.1 Å². The Labute approximate surface area is 157 Å². The van der Waals surface area contributed by atoms with E-state index >= 15 is 0 Å². The standard InChI is InChI=1S/C21H21N3O3/c25-19(23-11-10-16-8-4-5-9-17(16)14-23)12-18-20(26)24(21(27)22-18)13-15-6-2-1-3-7-15/h1-9,18H,10-14H2,(H,22,27)/t18-/m1/s1. The molecule has 1 fully saturated rings. The van der Waals surface area contributed by atoms with Gasteiger partial charge < -0.3 is 10.2 Å². The van der Waals surface area contributed by atoms with E-state index in [1.165, 1.54) is 10.5 Å². The third kappa shape index (κ3) is 3.56. The normalized spacial score (nSPS) is 19.0. The Morgan fingerprint density at radius 1 is 1.00 bits per heavy atom. The van der Waals surface area contributed by atoms with E-state index in [1.54, 1.807) is 4.90 Å². The first-order valence-corrected chi connectivity index (χ1v) is 9.12. The Hall–Kier alpha value is -3.15. The van der Waals surface area contributed by atoms with Crippen molar-refractivity contribution in [3.05, 3.63) is 71.3 Å². The van der Waals surface area contributed by atoms with Gasteiger partial charge in [-0.15, -0.1) is 0 Å². The summed E-state index contributed by atoms with van der Waals surface area (Å²) in [7, 11) is 0. The molecule has 4 rings (SSSR count). The molecule has 2 aromatic carbocycles. The van der Waals surface area contributed by atoms with Gasteiger partial charge >= 0.3 is 6.03 Å². The second-order valence-corrected chi connectivity index (χ2v) is 6.95. The van der Waals surface area contributed by atoms with Gasteiger partial charge in [0.15, 0.2) is 0 Å². The van der Waals surface area contributed by atoms with Gasteiger partial charge in [0.05, 0.1) is 13.0 Å². The predicted molar refractivity (Wildman–Crippen MR) is 99.5 cm³/mol. The fourth-order valence-electron chi connectivity index (χ4n) is 3.64. The van der Waals surface area contributed by atoms with Crippen molar-refractivity contribution in [1.82, 2.24) is 15.1 Å². The molecule has 2 aromatic rings. The molecule has 6 heteroatoms. The molecule has 4 amide bonds. The highest BCUT2D eigenvalue weighted by atomic mass is 16.2. The number of benzene rings is 2. The number of nitrogens with one attached hydrogen (secondary N) is 1. The van der Waals surface area contributed by atoms with Crippen LogP contribution in [0, 0.1) is 0 Å². The van der Waals surface area contributed by atoms with Crippen LogP contribution in [0.2, 0.25) is 0 Å².